The van der Waals surface area contributed by atoms with Gasteiger partial charge in [-0.1, -0.05) is 0 Å². The number of carbonyl (C=O) groups excluding carboxylic acids is 1. The van der Waals surface area contributed by atoms with Crippen molar-refractivity contribution in [1.29, 1.82) is 0 Å². The van der Waals surface area contributed by atoms with Crippen molar-refractivity contribution in [3.63, 3.8) is 0 Å². The maximum absolute atomic E-state index is 12.1. The van der Waals surface area contributed by atoms with E-state index in [-0.39, 0.29) is 18.2 Å². The Balaban J connectivity index is 1.38. The van der Waals surface area contributed by atoms with Gasteiger partial charge in [-0.25, -0.2) is 4.98 Å². The van der Waals surface area contributed by atoms with E-state index in [0.29, 0.717) is 28.5 Å². The fourth-order valence-corrected chi connectivity index (χ4v) is 2.97. The Hall–Kier alpha value is -4.40. The highest BCUT2D eigenvalue weighted by atomic mass is 16.6. The number of anilines is 1. The number of hydrogen-bond acceptors (Lipinski definition) is 6. The van der Waals surface area contributed by atoms with Gasteiger partial charge in [0.2, 0.25) is 0 Å². The Morgan fingerprint density at radius 1 is 1.03 bits per heavy atom. The summed E-state index contributed by atoms with van der Waals surface area (Å²) in [5.41, 5.74) is 2.74. The van der Waals surface area contributed by atoms with Crippen molar-refractivity contribution in [2.24, 2.45) is 0 Å². The molecule has 0 unspecified atom stereocenters. The summed E-state index contributed by atoms with van der Waals surface area (Å²) < 4.78 is 12.2. The van der Waals surface area contributed by atoms with Gasteiger partial charge in [0.25, 0.3) is 11.6 Å². The molecule has 0 radical (unpaired) electrons. The normalized spacial score (nSPS) is 10.6. The van der Waals surface area contributed by atoms with Gasteiger partial charge in [0, 0.05) is 23.5 Å². The molecule has 2 aromatic heterocycles. The Kier molecular flexibility index (Phi) is 5.48. The molecule has 0 bridgehead atoms. The van der Waals surface area contributed by atoms with Crippen molar-refractivity contribution in [3.8, 4) is 22.8 Å². The average Bonchev–Trinajstić information content (AvgIpc) is 3.22. The number of pyridine rings is 1. The van der Waals surface area contributed by atoms with Crippen LogP contribution in [0.3, 0.4) is 0 Å². The monoisotopic (exact) mass is 418 g/mol. The Bertz CT molecular complexity index is 1230. The molecule has 9 nitrogen and oxygen atoms in total. The largest absolute Gasteiger partial charge is 0.497 e. The molecule has 4 aromatic rings. The molecule has 0 saturated carbocycles. The lowest BCUT2D eigenvalue weighted by Gasteiger charge is -2.08. The predicted octanol–water partition coefficient (Wildman–Crippen LogP) is 3.94. The SMILES string of the molecule is COc1ccc(NC(=O)COc2ccc(-c3cn4cc([N+](=O)[O-])ccc4n3)cc2)cc1. The van der Waals surface area contributed by atoms with Gasteiger partial charge in [0.15, 0.2) is 6.61 Å². The summed E-state index contributed by atoms with van der Waals surface area (Å²) in [5, 5.41) is 13.7. The van der Waals surface area contributed by atoms with Crippen LogP contribution in [0.1, 0.15) is 0 Å². The molecule has 1 N–H and O–H groups in total. The molecule has 2 heterocycles. The average molecular weight is 418 g/mol. The van der Waals surface area contributed by atoms with E-state index in [1.807, 2.05) is 12.1 Å². The molecular weight excluding hydrogens is 400 g/mol. The van der Waals surface area contributed by atoms with E-state index >= 15 is 0 Å². The first-order chi connectivity index (χ1) is 15.0. The van der Waals surface area contributed by atoms with Crippen LogP contribution in [0.25, 0.3) is 16.9 Å². The maximum Gasteiger partial charge on any atom is 0.286 e. The quantitative estimate of drug-likeness (QED) is 0.360. The minimum Gasteiger partial charge on any atom is -0.497 e. The summed E-state index contributed by atoms with van der Waals surface area (Å²) >= 11 is 0. The molecule has 9 heteroatoms. The number of carbonyl (C=O) groups is 1. The first kappa shape index (κ1) is 19.9. The lowest BCUT2D eigenvalue weighted by Crippen LogP contribution is -2.20. The molecule has 4 rings (SSSR count). The number of imidazole rings is 1. The zero-order valence-electron chi connectivity index (χ0n) is 16.5. The molecule has 1 amide bonds. The Morgan fingerprint density at radius 2 is 1.74 bits per heavy atom. The summed E-state index contributed by atoms with van der Waals surface area (Å²) in [5.74, 6) is 0.961. The fraction of sp³-hybridized carbons (Fsp3) is 0.0909. The predicted molar refractivity (Wildman–Crippen MR) is 114 cm³/mol. The van der Waals surface area contributed by atoms with Crippen LogP contribution >= 0.6 is 0 Å². The van der Waals surface area contributed by atoms with E-state index in [0.717, 1.165) is 5.56 Å². The third-order valence-corrected chi connectivity index (χ3v) is 4.54. The number of ether oxygens (including phenoxy) is 2. The van der Waals surface area contributed by atoms with Gasteiger partial charge >= 0.3 is 0 Å². The molecule has 0 saturated heterocycles. The number of methoxy groups -OCH3 is 1. The first-order valence-electron chi connectivity index (χ1n) is 9.32. The van der Waals surface area contributed by atoms with Crippen LogP contribution in [-0.4, -0.2) is 33.9 Å². The first-order valence-corrected chi connectivity index (χ1v) is 9.32. The van der Waals surface area contributed by atoms with Crippen LogP contribution in [0.2, 0.25) is 0 Å². The second-order valence-corrected chi connectivity index (χ2v) is 6.63. The Labute approximate surface area is 177 Å². The zero-order valence-corrected chi connectivity index (χ0v) is 16.5. The number of aromatic nitrogens is 2. The van der Waals surface area contributed by atoms with Crippen LogP contribution in [0.4, 0.5) is 11.4 Å². The number of nitrogens with one attached hydrogen (secondary N) is 1. The zero-order chi connectivity index (χ0) is 21.8. The van der Waals surface area contributed by atoms with Crippen molar-refractivity contribution in [2.75, 3.05) is 19.0 Å². The number of hydrogen-bond donors (Lipinski definition) is 1. The molecule has 0 atom stereocenters. The van der Waals surface area contributed by atoms with Gasteiger partial charge < -0.3 is 14.8 Å². The smallest absolute Gasteiger partial charge is 0.286 e. The number of benzene rings is 2. The van der Waals surface area contributed by atoms with E-state index in [1.165, 1.54) is 12.3 Å². The van der Waals surface area contributed by atoms with Crippen LogP contribution in [0, 0.1) is 10.1 Å². The molecule has 0 aliphatic rings. The molecule has 0 fully saturated rings. The number of fused-ring (bicyclic) bond motifs is 1. The van der Waals surface area contributed by atoms with E-state index in [4.69, 9.17) is 9.47 Å². The molecule has 0 aliphatic carbocycles. The standard InChI is InChI=1S/C22H18N4O5/c1-30-18-9-4-16(5-10-18)23-22(27)14-31-19-7-2-15(3-8-19)20-13-25-12-17(26(28)29)6-11-21(25)24-20/h2-13H,14H2,1H3,(H,23,27). The van der Waals surface area contributed by atoms with Gasteiger partial charge in [-0.3, -0.25) is 19.3 Å². The Morgan fingerprint density at radius 3 is 2.42 bits per heavy atom. The number of nitrogens with zero attached hydrogens (tertiary/aromatic N) is 3. The van der Waals surface area contributed by atoms with Crippen LogP contribution in [-0.2, 0) is 4.79 Å². The second kappa shape index (κ2) is 8.54. The van der Waals surface area contributed by atoms with E-state index in [9.17, 15) is 14.9 Å². The molecular formula is C22H18N4O5. The van der Waals surface area contributed by atoms with E-state index in [2.05, 4.69) is 10.3 Å². The highest BCUT2D eigenvalue weighted by Gasteiger charge is 2.10. The molecule has 0 aliphatic heterocycles. The van der Waals surface area contributed by atoms with Crippen molar-refractivity contribution in [2.45, 2.75) is 0 Å². The molecule has 2 aromatic carbocycles. The molecule has 156 valence electrons. The van der Waals surface area contributed by atoms with Crippen molar-refractivity contribution >= 4 is 22.9 Å². The summed E-state index contributed by atoms with van der Waals surface area (Å²) in [6, 6.07) is 17.1. The lowest BCUT2D eigenvalue weighted by molar-refractivity contribution is -0.385. The van der Waals surface area contributed by atoms with E-state index in [1.54, 1.807) is 60.2 Å². The minimum absolute atomic E-state index is 0.00638. The van der Waals surface area contributed by atoms with Gasteiger partial charge in [0.1, 0.15) is 17.1 Å². The van der Waals surface area contributed by atoms with Gasteiger partial charge in [-0.05, 0) is 54.6 Å². The van der Waals surface area contributed by atoms with Gasteiger partial charge in [-0.2, -0.15) is 0 Å². The number of nitro groups is 1. The van der Waals surface area contributed by atoms with Crippen LogP contribution in [0.15, 0.2) is 73.1 Å². The highest BCUT2D eigenvalue weighted by molar-refractivity contribution is 5.91. The van der Waals surface area contributed by atoms with Crippen molar-refractivity contribution in [1.82, 2.24) is 9.38 Å². The van der Waals surface area contributed by atoms with Crippen LogP contribution in [0.5, 0.6) is 11.5 Å². The molecule has 31 heavy (non-hydrogen) atoms. The minimum atomic E-state index is -0.448. The third-order valence-electron chi connectivity index (χ3n) is 4.54. The third kappa shape index (κ3) is 4.61. The number of rotatable bonds is 7. The van der Waals surface area contributed by atoms with E-state index < -0.39 is 4.92 Å². The summed E-state index contributed by atoms with van der Waals surface area (Å²) in [7, 11) is 1.58. The van der Waals surface area contributed by atoms with Crippen molar-refractivity contribution in [3.05, 3.63) is 83.2 Å². The summed E-state index contributed by atoms with van der Waals surface area (Å²) in [4.78, 5) is 27.0. The van der Waals surface area contributed by atoms with Crippen molar-refractivity contribution < 1.29 is 19.2 Å². The van der Waals surface area contributed by atoms with Gasteiger partial charge in [-0.15, -0.1) is 0 Å². The van der Waals surface area contributed by atoms with Gasteiger partial charge in [0.05, 0.1) is 23.9 Å². The summed E-state index contributed by atoms with van der Waals surface area (Å²) in [6.07, 6.45) is 3.14. The second-order valence-electron chi connectivity index (χ2n) is 6.63. The summed E-state index contributed by atoms with van der Waals surface area (Å²) in [6.45, 7) is -0.136. The number of amides is 1. The lowest BCUT2D eigenvalue weighted by atomic mass is 10.2. The maximum atomic E-state index is 12.1. The molecule has 0 spiro atoms. The topological polar surface area (TPSA) is 108 Å². The van der Waals surface area contributed by atoms with Crippen LogP contribution < -0.4 is 14.8 Å². The fourth-order valence-electron chi connectivity index (χ4n) is 2.97. The highest BCUT2D eigenvalue weighted by Crippen LogP contribution is 2.23.